The minimum atomic E-state index is 0.306. The average Bonchev–Trinajstić information content (AvgIpc) is 2.72. The summed E-state index contributed by atoms with van der Waals surface area (Å²) in [6.07, 6.45) is 3.38. The van der Waals surface area contributed by atoms with Gasteiger partial charge in [0.2, 0.25) is 5.95 Å². The van der Waals surface area contributed by atoms with Gasteiger partial charge in [-0.2, -0.15) is 0 Å². The highest BCUT2D eigenvalue weighted by atomic mass is 15.6. The molecule has 0 aromatic carbocycles. The van der Waals surface area contributed by atoms with Crippen LogP contribution in [0.5, 0.6) is 0 Å². The number of nitrogens with two attached hydrogens (primary N) is 1. The van der Waals surface area contributed by atoms with Gasteiger partial charge in [-0.05, 0) is 10.4 Å². The quantitative estimate of drug-likeness (QED) is 0.620. The van der Waals surface area contributed by atoms with Gasteiger partial charge in [-0.3, -0.25) is 4.68 Å². The summed E-state index contributed by atoms with van der Waals surface area (Å²) in [6, 6.07) is 0. The summed E-state index contributed by atoms with van der Waals surface area (Å²) in [7, 11) is 0. The van der Waals surface area contributed by atoms with Crippen LogP contribution in [0.4, 0.5) is 5.95 Å². The van der Waals surface area contributed by atoms with Crippen LogP contribution < -0.4 is 5.73 Å². The number of hydrogen-bond acceptors (Lipinski definition) is 6. The van der Waals surface area contributed by atoms with E-state index in [1.165, 1.54) is 4.68 Å². The minimum absolute atomic E-state index is 0.306. The molecule has 0 radical (unpaired) electrons. The van der Waals surface area contributed by atoms with Crippen LogP contribution in [0.2, 0.25) is 0 Å². The molecule has 0 spiro atoms. The molecule has 2 rings (SSSR count). The van der Waals surface area contributed by atoms with E-state index in [2.05, 4.69) is 25.8 Å². The molecule has 2 N–H and O–H groups in total. The Balaban J connectivity index is 1.97. The van der Waals surface area contributed by atoms with Crippen molar-refractivity contribution in [2.24, 2.45) is 0 Å². The Morgan fingerprint density at radius 2 is 2.23 bits per heavy atom. The Morgan fingerprint density at radius 1 is 1.31 bits per heavy atom. The molecule has 13 heavy (non-hydrogen) atoms. The van der Waals surface area contributed by atoms with Crippen molar-refractivity contribution in [1.29, 1.82) is 0 Å². The molecule has 0 aliphatic carbocycles. The lowest BCUT2D eigenvalue weighted by Gasteiger charge is -2.00. The monoisotopic (exact) mass is 180 g/mol. The van der Waals surface area contributed by atoms with Gasteiger partial charge in [0.25, 0.3) is 0 Å². The van der Waals surface area contributed by atoms with Crippen LogP contribution in [-0.4, -0.2) is 35.2 Å². The van der Waals surface area contributed by atoms with Crippen molar-refractivity contribution in [3.05, 3.63) is 12.4 Å². The number of tetrazole rings is 1. The van der Waals surface area contributed by atoms with Crippen LogP contribution in [0.1, 0.15) is 0 Å². The molecular formula is C5H8N8. The van der Waals surface area contributed by atoms with E-state index in [0.717, 1.165) is 0 Å². The van der Waals surface area contributed by atoms with Crippen LogP contribution in [0.3, 0.4) is 0 Å². The summed E-state index contributed by atoms with van der Waals surface area (Å²) in [4.78, 5) is 0. The second kappa shape index (κ2) is 3.17. The van der Waals surface area contributed by atoms with Crippen LogP contribution in [-0.2, 0) is 13.1 Å². The standard InChI is InChI=1S/C5H8N8/c6-5-8-9-11-13(5)4-3-12-2-1-7-10-12/h1-2H,3-4H2,(H2,6,8,11). The molecule has 0 bridgehead atoms. The molecule has 2 aromatic heterocycles. The van der Waals surface area contributed by atoms with Crippen LogP contribution in [0.25, 0.3) is 0 Å². The van der Waals surface area contributed by atoms with Gasteiger partial charge >= 0.3 is 0 Å². The molecule has 0 saturated heterocycles. The molecule has 0 aliphatic heterocycles. The van der Waals surface area contributed by atoms with E-state index in [-0.39, 0.29) is 0 Å². The predicted molar refractivity (Wildman–Crippen MR) is 42.3 cm³/mol. The van der Waals surface area contributed by atoms with E-state index < -0.39 is 0 Å². The molecule has 0 amide bonds. The highest BCUT2D eigenvalue weighted by Gasteiger charge is 2.00. The maximum Gasteiger partial charge on any atom is 0.240 e. The van der Waals surface area contributed by atoms with Crippen molar-refractivity contribution < 1.29 is 0 Å². The fourth-order valence-corrected chi connectivity index (χ4v) is 0.920. The Hall–Kier alpha value is -1.99. The molecule has 8 nitrogen and oxygen atoms in total. The van der Waals surface area contributed by atoms with Gasteiger partial charge in [0, 0.05) is 6.20 Å². The molecule has 68 valence electrons. The van der Waals surface area contributed by atoms with E-state index in [0.29, 0.717) is 19.0 Å². The number of aromatic nitrogens is 7. The van der Waals surface area contributed by atoms with Crippen LogP contribution in [0, 0.1) is 0 Å². The Labute approximate surface area is 73.3 Å². The number of nitrogens with zero attached hydrogens (tertiary/aromatic N) is 7. The highest BCUT2D eigenvalue weighted by molar-refractivity contribution is 5.09. The van der Waals surface area contributed by atoms with Crippen molar-refractivity contribution in [2.75, 3.05) is 5.73 Å². The van der Waals surface area contributed by atoms with Crippen molar-refractivity contribution in [3.8, 4) is 0 Å². The lowest BCUT2D eigenvalue weighted by atomic mass is 10.6. The maximum atomic E-state index is 5.46. The van der Waals surface area contributed by atoms with Crippen molar-refractivity contribution in [2.45, 2.75) is 13.1 Å². The third-order valence-electron chi connectivity index (χ3n) is 1.57. The summed E-state index contributed by atoms with van der Waals surface area (Å²) in [6.45, 7) is 1.23. The largest absolute Gasteiger partial charge is 0.367 e. The van der Waals surface area contributed by atoms with Crippen LogP contribution >= 0.6 is 0 Å². The number of aryl methyl sites for hydroxylation is 2. The summed E-state index contributed by atoms with van der Waals surface area (Å²) in [5.74, 6) is 0.306. The van der Waals surface area contributed by atoms with E-state index in [1.807, 2.05) is 0 Å². The predicted octanol–water partition coefficient (Wildman–Crippen LogP) is -1.45. The number of anilines is 1. The second-order valence-corrected chi connectivity index (χ2v) is 2.43. The second-order valence-electron chi connectivity index (χ2n) is 2.43. The third-order valence-corrected chi connectivity index (χ3v) is 1.57. The smallest absolute Gasteiger partial charge is 0.240 e. The van der Waals surface area contributed by atoms with Gasteiger partial charge in [-0.15, -0.1) is 5.10 Å². The van der Waals surface area contributed by atoms with Crippen molar-refractivity contribution >= 4 is 5.95 Å². The first-order valence-corrected chi connectivity index (χ1v) is 3.72. The first kappa shape index (κ1) is 7.65. The number of nitrogen functional groups attached to an aromatic ring is 1. The fraction of sp³-hybridized carbons (Fsp3) is 0.400. The lowest BCUT2D eigenvalue weighted by molar-refractivity contribution is 0.484. The molecule has 2 aromatic rings. The van der Waals surface area contributed by atoms with Gasteiger partial charge in [-0.1, -0.05) is 10.3 Å². The molecule has 0 saturated carbocycles. The molecule has 8 heteroatoms. The van der Waals surface area contributed by atoms with E-state index in [1.54, 1.807) is 17.1 Å². The number of rotatable bonds is 3. The highest BCUT2D eigenvalue weighted by Crippen LogP contribution is 1.92. The average molecular weight is 180 g/mol. The van der Waals surface area contributed by atoms with Gasteiger partial charge in [0.05, 0.1) is 19.3 Å². The van der Waals surface area contributed by atoms with E-state index >= 15 is 0 Å². The molecule has 0 unspecified atom stereocenters. The first-order valence-electron chi connectivity index (χ1n) is 3.72. The zero-order valence-corrected chi connectivity index (χ0v) is 6.78. The van der Waals surface area contributed by atoms with Gasteiger partial charge in [-0.25, -0.2) is 4.68 Å². The zero-order chi connectivity index (χ0) is 9.10. The summed E-state index contributed by atoms with van der Waals surface area (Å²) >= 11 is 0. The lowest BCUT2D eigenvalue weighted by Crippen LogP contribution is -2.11. The first-order chi connectivity index (χ1) is 6.36. The Kier molecular flexibility index (Phi) is 1.87. The van der Waals surface area contributed by atoms with Crippen LogP contribution in [0.15, 0.2) is 12.4 Å². The Bertz CT molecular complexity index is 362. The SMILES string of the molecule is Nc1nnnn1CCn1ccnn1. The zero-order valence-electron chi connectivity index (χ0n) is 6.78. The summed E-state index contributed by atoms with van der Waals surface area (Å²) in [5.41, 5.74) is 5.46. The van der Waals surface area contributed by atoms with Crippen molar-refractivity contribution in [1.82, 2.24) is 35.2 Å². The maximum absolute atomic E-state index is 5.46. The molecule has 2 heterocycles. The molecular weight excluding hydrogens is 172 g/mol. The third kappa shape index (κ3) is 1.60. The van der Waals surface area contributed by atoms with E-state index in [9.17, 15) is 0 Å². The fourth-order valence-electron chi connectivity index (χ4n) is 0.920. The normalized spacial score (nSPS) is 10.5. The minimum Gasteiger partial charge on any atom is -0.367 e. The number of hydrogen-bond donors (Lipinski definition) is 1. The van der Waals surface area contributed by atoms with Gasteiger partial charge < -0.3 is 5.73 Å². The molecule has 0 atom stereocenters. The van der Waals surface area contributed by atoms with E-state index in [4.69, 9.17) is 5.73 Å². The topological polar surface area (TPSA) is 100 Å². The molecule has 0 aliphatic rings. The summed E-state index contributed by atoms with van der Waals surface area (Å²) < 4.78 is 3.18. The molecule has 0 fully saturated rings. The van der Waals surface area contributed by atoms with Gasteiger partial charge in [0.15, 0.2) is 0 Å². The summed E-state index contributed by atoms with van der Waals surface area (Å²) in [5, 5.41) is 18.1. The van der Waals surface area contributed by atoms with Gasteiger partial charge in [0.1, 0.15) is 0 Å². The Morgan fingerprint density at radius 3 is 2.85 bits per heavy atom. The van der Waals surface area contributed by atoms with Crippen molar-refractivity contribution in [3.63, 3.8) is 0 Å².